The number of hydrogen-bond donors (Lipinski definition) is 0. The van der Waals surface area contributed by atoms with Crippen LogP contribution in [0.4, 0.5) is 0 Å². The van der Waals surface area contributed by atoms with E-state index < -0.39 is 0 Å². The van der Waals surface area contributed by atoms with Crippen molar-refractivity contribution in [3.05, 3.63) is 65.2 Å². The van der Waals surface area contributed by atoms with E-state index in [1.807, 2.05) is 0 Å². The highest BCUT2D eigenvalue weighted by Crippen LogP contribution is 2.32. The SMILES string of the molecule is CCCCC[C@H]1CC[C@H](COc2ccc(C#Cc3ccc(CCCC)cc3)cc2)CC1. The van der Waals surface area contributed by atoms with Crippen molar-refractivity contribution >= 4 is 0 Å². The van der Waals surface area contributed by atoms with Gasteiger partial charge in [0.1, 0.15) is 5.75 Å². The lowest BCUT2D eigenvalue weighted by molar-refractivity contribution is 0.177. The highest BCUT2D eigenvalue weighted by atomic mass is 16.5. The number of rotatable bonds is 10. The van der Waals surface area contributed by atoms with Crippen molar-refractivity contribution in [2.45, 2.75) is 84.5 Å². The van der Waals surface area contributed by atoms with Crippen LogP contribution in [-0.4, -0.2) is 6.61 Å². The molecule has 2 aromatic carbocycles. The smallest absolute Gasteiger partial charge is 0.119 e. The second kappa shape index (κ2) is 13.3. The maximum Gasteiger partial charge on any atom is 0.119 e. The fourth-order valence-electron chi connectivity index (χ4n) is 4.50. The molecule has 1 saturated carbocycles. The van der Waals surface area contributed by atoms with Crippen LogP contribution in [-0.2, 0) is 6.42 Å². The van der Waals surface area contributed by atoms with Crippen LogP contribution in [0.3, 0.4) is 0 Å². The van der Waals surface area contributed by atoms with Crippen LogP contribution in [0.5, 0.6) is 5.75 Å². The highest BCUT2D eigenvalue weighted by molar-refractivity contribution is 5.44. The molecule has 0 atom stereocenters. The lowest BCUT2D eigenvalue weighted by Gasteiger charge is -2.28. The molecule has 1 aliphatic rings. The maximum atomic E-state index is 6.09. The van der Waals surface area contributed by atoms with Gasteiger partial charge in [-0.05, 0) is 79.5 Å². The second-order valence-corrected chi connectivity index (χ2v) is 9.27. The third kappa shape index (κ3) is 8.45. The summed E-state index contributed by atoms with van der Waals surface area (Å²) in [6.45, 7) is 5.38. The first-order valence-corrected chi connectivity index (χ1v) is 12.6. The summed E-state index contributed by atoms with van der Waals surface area (Å²) in [5.74, 6) is 9.21. The van der Waals surface area contributed by atoms with Crippen molar-refractivity contribution in [1.82, 2.24) is 0 Å². The molecule has 0 N–H and O–H groups in total. The van der Waals surface area contributed by atoms with Crippen molar-refractivity contribution in [3.8, 4) is 17.6 Å². The van der Waals surface area contributed by atoms with Crippen LogP contribution in [0.25, 0.3) is 0 Å². The quantitative estimate of drug-likeness (QED) is 0.280. The first kappa shape index (κ1) is 23.5. The van der Waals surface area contributed by atoms with Crippen molar-refractivity contribution < 1.29 is 4.74 Å². The van der Waals surface area contributed by atoms with Crippen molar-refractivity contribution in [3.63, 3.8) is 0 Å². The number of benzene rings is 2. The van der Waals surface area contributed by atoms with Gasteiger partial charge in [-0.2, -0.15) is 0 Å². The molecule has 0 spiro atoms. The summed E-state index contributed by atoms with van der Waals surface area (Å²) in [6.07, 6.45) is 14.7. The zero-order chi connectivity index (χ0) is 21.7. The molecule has 166 valence electrons. The van der Waals surface area contributed by atoms with Gasteiger partial charge in [0.25, 0.3) is 0 Å². The average Bonchev–Trinajstić information content (AvgIpc) is 2.82. The summed E-state index contributed by atoms with van der Waals surface area (Å²) in [5, 5.41) is 0. The molecule has 0 unspecified atom stereocenters. The molecular formula is C30H40O. The third-order valence-electron chi connectivity index (χ3n) is 6.65. The zero-order valence-electron chi connectivity index (χ0n) is 19.7. The highest BCUT2D eigenvalue weighted by Gasteiger charge is 2.21. The standard InChI is InChI=1S/C30H40O/c1-3-5-7-9-26-16-18-29(19-17-26)24-31-30-22-20-28(21-23-30)15-14-27-12-10-25(11-13-27)8-6-4-2/h10-13,20-23,26,29H,3-9,16-19,24H2,1-2H3/t26-,29-. The predicted molar refractivity (Wildman–Crippen MR) is 133 cm³/mol. The summed E-state index contributed by atoms with van der Waals surface area (Å²) in [4.78, 5) is 0. The Kier molecular flexibility index (Phi) is 10.0. The van der Waals surface area contributed by atoms with Crippen LogP contribution in [0.1, 0.15) is 94.7 Å². The van der Waals surface area contributed by atoms with Crippen LogP contribution >= 0.6 is 0 Å². The van der Waals surface area contributed by atoms with Gasteiger partial charge in [-0.15, -0.1) is 0 Å². The topological polar surface area (TPSA) is 9.23 Å². The fourth-order valence-corrected chi connectivity index (χ4v) is 4.50. The molecule has 2 aromatic rings. The fraction of sp³-hybridized carbons (Fsp3) is 0.533. The Bertz CT molecular complexity index is 798. The summed E-state index contributed by atoms with van der Waals surface area (Å²) in [5.41, 5.74) is 3.51. The molecule has 31 heavy (non-hydrogen) atoms. The number of hydrogen-bond acceptors (Lipinski definition) is 1. The van der Waals surface area contributed by atoms with E-state index in [1.165, 1.54) is 69.8 Å². The van der Waals surface area contributed by atoms with E-state index in [-0.39, 0.29) is 0 Å². The Morgan fingerprint density at radius 2 is 1.29 bits per heavy atom. The second-order valence-electron chi connectivity index (χ2n) is 9.27. The largest absolute Gasteiger partial charge is 0.493 e. The van der Waals surface area contributed by atoms with Gasteiger partial charge in [0.2, 0.25) is 0 Å². The van der Waals surface area contributed by atoms with Gasteiger partial charge in [0.15, 0.2) is 0 Å². The van der Waals surface area contributed by atoms with Gasteiger partial charge in [0, 0.05) is 11.1 Å². The number of ether oxygens (including phenoxy) is 1. The third-order valence-corrected chi connectivity index (χ3v) is 6.65. The summed E-state index contributed by atoms with van der Waals surface area (Å²) in [7, 11) is 0. The molecule has 0 saturated heterocycles. The van der Waals surface area contributed by atoms with Crippen molar-refractivity contribution in [2.24, 2.45) is 11.8 Å². The van der Waals surface area contributed by atoms with Gasteiger partial charge < -0.3 is 4.74 Å². The first-order chi connectivity index (χ1) is 15.3. The molecule has 3 rings (SSSR count). The van der Waals surface area contributed by atoms with Crippen molar-refractivity contribution in [2.75, 3.05) is 6.61 Å². The van der Waals surface area contributed by atoms with Gasteiger partial charge in [-0.1, -0.05) is 82.8 Å². The zero-order valence-corrected chi connectivity index (χ0v) is 19.7. The Morgan fingerprint density at radius 1 is 0.710 bits per heavy atom. The Labute approximate surface area is 190 Å². The van der Waals surface area contributed by atoms with E-state index in [0.29, 0.717) is 0 Å². The molecule has 1 fully saturated rings. The van der Waals surface area contributed by atoms with E-state index in [2.05, 4.69) is 74.2 Å². The molecule has 1 aliphatic carbocycles. The van der Waals surface area contributed by atoms with Crippen molar-refractivity contribution in [1.29, 1.82) is 0 Å². The van der Waals surface area contributed by atoms with E-state index in [9.17, 15) is 0 Å². The molecule has 0 radical (unpaired) electrons. The summed E-state index contributed by atoms with van der Waals surface area (Å²) >= 11 is 0. The average molecular weight is 417 g/mol. The Hall–Kier alpha value is -2.20. The monoisotopic (exact) mass is 416 g/mol. The summed E-state index contributed by atoms with van der Waals surface area (Å²) in [6, 6.07) is 16.9. The van der Waals surface area contributed by atoms with E-state index in [4.69, 9.17) is 4.74 Å². The molecule has 0 bridgehead atoms. The van der Waals surface area contributed by atoms with Crippen LogP contribution < -0.4 is 4.74 Å². The maximum absolute atomic E-state index is 6.09. The lowest BCUT2D eigenvalue weighted by atomic mass is 9.80. The Balaban J connectivity index is 1.40. The Morgan fingerprint density at radius 3 is 1.90 bits per heavy atom. The van der Waals surface area contributed by atoms with Gasteiger partial charge in [0.05, 0.1) is 6.61 Å². The minimum atomic E-state index is 0.724. The van der Waals surface area contributed by atoms with Gasteiger partial charge >= 0.3 is 0 Å². The predicted octanol–water partition coefficient (Wildman–Crippen LogP) is 8.19. The van der Waals surface area contributed by atoms with Gasteiger partial charge in [-0.3, -0.25) is 0 Å². The van der Waals surface area contributed by atoms with Crippen LogP contribution in [0.2, 0.25) is 0 Å². The molecule has 0 heterocycles. The molecular weight excluding hydrogens is 376 g/mol. The summed E-state index contributed by atoms with van der Waals surface area (Å²) < 4.78 is 6.09. The van der Waals surface area contributed by atoms with E-state index in [1.54, 1.807) is 0 Å². The number of unbranched alkanes of at least 4 members (excludes halogenated alkanes) is 3. The van der Waals surface area contributed by atoms with Crippen LogP contribution in [0.15, 0.2) is 48.5 Å². The first-order valence-electron chi connectivity index (χ1n) is 12.6. The molecule has 0 amide bonds. The molecule has 0 aromatic heterocycles. The lowest BCUT2D eigenvalue weighted by Crippen LogP contribution is -2.20. The minimum Gasteiger partial charge on any atom is -0.493 e. The molecule has 0 aliphatic heterocycles. The molecule has 1 nitrogen and oxygen atoms in total. The van der Waals surface area contributed by atoms with Crippen LogP contribution in [0, 0.1) is 23.7 Å². The number of aryl methyl sites for hydroxylation is 1. The van der Waals surface area contributed by atoms with Gasteiger partial charge in [-0.25, -0.2) is 0 Å². The van der Waals surface area contributed by atoms with E-state index >= 15 is 0 Å². The normalized spacial score (nSPS) is 18.3. The molecule has 1 heteroatoms. The minimum absolute atomic E-state index is 0.724. The van der Waals surface area contributed by atoms with E-state index in [0.717, 1.165) is 41.7 Å².